The van der Waals surface area contributed by atoms with Crippen molar-refractivity contribution in [3.8, 4) is 0 Å². The summed E-state index contributed by atoms with van der Waals surface area (Å²) in [6, 6.07) is 8.73. The van der Waals surface area contributed by atoms with Gasteiger partial charge in [0.25, 0.3) is 0 Å². The maximum atomic E-state index is 11.6. The highest BCUT2D eigenvalue weighted by molar-refractivity contribution is 6.30. The molecule has 2 aromatic rings. The van der Waals surface area contributed by atoms with E-state index in [0.717, 1.165) is 24.3 Å². The largest absolute Gasteiger partial charge is 0.338 e. The summed E-state index contributed by atoms with van der Waals surface area (Å²) in [6.45, 7) is 3.40. The summed E-state index contributed by atoms with van der Waals surface area (Å²) < 4.78 is 1.92. The first-order valence-electron chi connectivity index (χ1n) is 6.44. The number of anilines is 1. The molecule has 0 aliphatic carbocycles. The van der Waals surface area contributed by atoms with Gasteiger partial charge < -0.3 is 10.6 Å². The number of rotatable bonds is 5. The number of carbonyl (C=O) groups is 1. The first-order valence-corrected chi connectivity index (χ1v) is 6.82. The molecule has 0 radical (unpaired) electrons. The fourth-order valence-electron chi connectivity index (χ4n) is 1.77. The first kappa shape index (κ1) is 14.4. The fraction of sp³-hybridized carbons (Fsp3) is 0.286. The van der Waals surface area contributed by atoms with Crippen molar-refractivity contribution < 1.29 is 4.79 Å². The Balaban J connectivity index is 1.68. The number of amides is 2. The molecule has 0 spiro atoms. The van der Waals surface area contributed by atoms with Gasteiger partial charge in [0.15, 0.2) is 0 Å². The monoisotopic (exact) mass is 292 g/mol. The number of aryl methyl sites for hydroxylation is 2. The average molecular weight is 293 g/mol. The van der Waals surface area contributed by atoms with Crippen molar-refractivity contribution in [1.29, 1.82) is 0 Å². The quantitative estimate of drug-likeness (QED) is 0.832. The van der Waals surface area contributed by atoms with E-state index in [9.17, 15) is 4.79 Å². The lowest BCUT2D eigenvalue weighted by Gasteiger charge is -2.08. The van der Waals surface area contributed by atoms with Crippen LogP contribution in [0.25, 0.3) is 0 Å². The molecule has 6 heteroatoms. The van der Waals surface area contributed by atoms with Gasteiger partial charge in [-0.25, -0.2) is 4.79 Å². The van der Waals surface area contributed by atoms with Crippen LogP contribution in [0.1, 0.15) is 12.1 Å². The molecule has 0 atom stereocenters. The van der Waals surface area contributed by atoms with Gasteiger partial charge in [-0.3, -0.25) is 4.68 Å². The Bertz CT molecular complexity index is 565. The molecule has 0 saturated carbocycles. The fourth-order valence-corrected chi connectivity index (χ4v) is 1.90. The zero-order valence-corrected chi connectivity index (χ0v) is 12.0. The van der Waals surface area contributed by atoms with Crippen LogP contribution in [-0.2, 0) is 6.54 Å². The van der Waals surface area contributed by atoms with E-state index in [1.54, 1.807) is 30.5 Å². The summed E-state index contributed by atoms with van der Waals surface area (Å²) in [5.74, 6) is 0. The summed E-state index contributed by atoms with van der Waals surface area (Å²) in [4.78, 5) is 11.6. The van der Waals surface area contributed by atoms with Gasteiger partial charge in [0.05, 0.1) is 0 Å². The van der Waals surface area contributed by atoms with E-state index in [2.05, 4.69) is 15.7 Å². The predicted octanol–water partition coefficient (Wildman–Crippen LogP) is 3.06. The third-order valence-corrected chi connectivity index (χ3v) is 3.12. The highest BCUT2D eigenvalue weighted by Gasteiger charge is 2.01. The Morgan fingerprint density at radius 3 is 2.70 bits per heavy atom. The summed E-state index contributed by atoms with van der Waals surface area (Å²) >= 11 is 5.78. The average Bonchev–Trinajstić information content (AvgIpc) is 2.83. The molecule has 1 aromatic heterocycles. The van der Waals surface area contributed by atoms with Gasteiger partial charge in [0.1, 0.15) is 0 Å². The van der Waals surface area contributed by atoms with Crippen LogP contribution in [0.3, 0.4) is 0 Å². The van der Waals surface area contributed by atoms with Crippen molar-refractivity contribution >= 4 is 23.3 Å². The van der Waals surface area contributed by atoms with Crippen molar-refractivity contribution in [2.24, 2.45) is 0 Å². The molecule has 0 aliphatic rings. The minimum atomic E-state index is -0.218. The second-order valence-electron chi connectivity index (χ2n) is 4.44. The van der Waals surface area contributed by atoms with Crippen molar-refractivity contribution in [2.75, 3.05) is 11.9 Å². The molecule has 1 aromatic carbocycles. The van der Waals surface area contributed by atoms with Crippen molar-refractivity contribution in [1.82, 2.24) is 15.1 Å². The maximum Gasteiger partial charge on any atom is 0.319 e. The third-order valence-electron chi connectivity index (χ3n) is 2.86. The normalized spacial score (nSPS) is 10.3. The number of carbonyl (C=O) groups excluding carboxylic acids is 1. The van der Waals surface area contributed by atoms with Crippen LogP contribution in [0.15, 0.2) is 36.5 Å². The summed E-state index contributed by atoms with van der Waals surface area (Å²) in [5.41, 5.74) is 1.84. The molecule has 2 rings (SSSR count). The van der Waals surface area contributed by atoms with E-state index >= 15 is 0 Å². The van der Waals surface area contributed by atoms with E-state index in [1.807, 2.05) is 17.7 Å². The van der Waals surface area contributed by atoms with Gasteiger partial charge in [-0.2, -0.15) is 5.10 Å². The minimum absolute atomic E-state index is 0.218. The zero-order chi connectivity index (χ0) is 14.4. The van der Waals surface area contributed by atoms with Gasteiger partial charge in [-0.1, -0.05) is 11.6 Å². The lowest BCUT2D eigenvalue weighted by Crippen LogP contribution is -2.30. The Labute approximate surface area is 122 Å². The summed E-state index contributed by atoms with van der Waals surface area (Å²) in [7, 11) is 0. The van der Waals surface area contributed by atoms with Gasteiger partial charge >= 0.3 is 6.03 Å². The highest BCUT2D eigenvalue weighted by atomic mass is 35.5. The minimum Gasteiger partial charge on any atom is -0.338 e. The van der Waals surface area contributed by atoms with Crippen LogP contribution in [0.5, 0.6) is 0 Å². The molecular weight excluding hydrogens is 276 g/mol. The summed E-state index contributed by atoms with van der Waals surface area (Å²) in [6.07, 6.45) is 2.60. The van der Waals surface area contributed by atoms with Crippen molar-refractivity contribution in [2.45, 2.75) is 19.9 Å². The molecule has 2 N–H and O–H groups in total. The van der Waals surface area contributed by atoms with E-state index in [0.29, 0.717) is 11.6 Å². The molecule has 0 bridgehead atoms. The Morgan fingerprint density at radius 1 is 1.30 bits per heavy atom. The number of halogens is 1. The smallest absolute Gasteiger partial charge is 0.319 e. The van der Waals surface area contributed by atoms with Crippen LogP contribution in [0.4, 0.5) is 10.5 Å². The highest BCUT2D eigenvalue weighted by Crippen LogP contribution is 2.12. The van der Waals surface area contributed by atoms with E-state index in [4.69, 9.17) is 11.6 Å². The Hall–Kier alpha value is -2.01. The number of hydrogen-bond donors (Lipinski definition) is 2. The predicted molar refractivity (Wildman–Crippen MR) is 80.1 cm³/mol. The van der Waals surface area contributed by atoms with Gasteiger partial charge in [-0.05, 0) is 43.7 Å². The van der Waals surface area contributed by atoms with Crippen molar-refractivity contribution in [3.05, 3.63) is 47.2 Å². The zero-order valence-electron chi connectivity index (χ0n) is 11.3. The van der Waals surface area contributed by atoms with E-state index in [1.165, 1.54) is 0 Å². The lowest BCUT2D eigenvalue weighted by atomic mass is 10.3. The standard InChI is InChI=1S/C14H17ClN4O/c1-11-7-9-17-19(11)10-2-8-16-14(20)18-13-5-3-12(15)4-6-13/h3-7,9H,2,8,10H2,1H3,(H2,16,18,20). The molecular formula is C14H17ClN4O. The Morgan fingerprint density at radius 2 is 2.05 bits per heavy atom. The molecule has 5 nitrogen and oxygen atoms in total. The second-order valence-corrected chi connectivity index (χ2v) is 4.87. The number of aromatic nitrogens is 2. The SMILES string of the molecule is Cc1ccnn1CCCNC(=O)Nc1ccc(Cl)cc1. The van der Waals surface area contributed by atoms with Gasteiger partial charge in [-0.15, -0.1) is 0 Å². The topological polar surface area (TPSA) is 59.0 Å². The molecule has 106 valence electrons. The van der Waals surface area contributed by atoms with Crippen LogP contribution in [0.2, 0.25) is 5.02 Å². The number of nitrogens with zero attached hydrogens (tertiary/aromatic N) is 2. The Kier molecular flexibility index (Phi) is 5.01. The van der Waals surface area contributed by atoms with Crippen molar-refractivity contribution in [3.63, 3.8) is 0 Å². The third kappa shape index (κ3) is 4.28. The molecule has 2 amide bonds. The number of nitrogens with one attached hydrogen (secondary N) is 2. The number of hydrogen-bond acceptors (Lipinski definition) is 2. The maximum absolute atomic E-state index is 11.6. The number of benzene rings is 1. The molecule has 20 heavy (non-hydrogen) atoms. The van der Waals surface area contributed by atoms with Crippen LogP contribution in [0, 0.1) is 6.92 Å². The molecule has 0 aliphatic heterocycles. The van der Waals surface area contributed by atoms with E-state index < -0.39 is 0 Å². The molecule has 1 heterocycles. The first-order chi connectivity index (χ1) is 9.65. The van der Waals surface area contributed by atoms with Gasteiger partial charge in [0, 0.05) is 35.7 Å². The summed E-state index contributed by atoms with van der Waals surface area (Å²) in [5, 5.41) is 10.4. The van der Waals surface area contributed by atoms with E-state index in [-0.39, 0.29) is 6.03 Å². The number of urea groups is 1. The molecule has 0 unspecified atom stereocenters. The van der Waals surface area contributed by atoms with Crippen LogP contribution < -0.4 is 10.6 Å². The van der Waals surface area contributed by atoms with Crippen LogP contribution >= 0.6 is 11.6 Å². The lowest BCUT2D eigenvalue weighted by molar-refractivity contribution is 0.251. The second kappa shape index (κ2) is 6.96. The molecule has 0 fully saturated rings. The van der Waals surface area contributed by atoms with Crippen LogP contribution in [-0.4, -0.2) is 22.4 Å². The van der Waals surface area contributed by atoms with Gasteiger partial charge in [0.2, 0.25) is 0 Å². The molecule has 0 saturated heterocycles.